The summed E-state index contributed by atoms with van der Waals surface area (Å²) in [7, 11) is 2.18. The van der Waals surface area contributed by atoms with Crippen molar-refractivity contribution in [1.29, 1.82) is 0 Å². The molecule has 26 heavy (non-hydrogen) atoms. The molecule has 2 unspecified atom stereocenters. The van der Waals surface area contributed by atoms with E-state index in [2.05, 4.69) is 24.2 Å². The zero-order chi connectivity index (χ0) is 18.5. The minimum absolute atomic E-state index is 0.214. The molecule has 2 atom stereocenters. The van der Waals surface area contributed by atoms with Gasteiger partial charge in [0.15, 0.2) is 0 Å². The summed E-state index contributed by atoms with van der Waals surface area (Å²) in [5.41, 5.74) is 1.16. The summed E-state index contributed by atoms with van der Waals surface area (Å²) in [5, 5.41) is 3.33. The molecule has 4 nitrogen and oxygen atoms in total. The standard InChI is InChI=1S/C21H25ClN2O2/c1-3-16-14-18(11-12-24(16)2)26-17-8-6-7-15(13-17)23-21(25)19-9-4-5-10-20(19)22/h4-10,13,16,18H,3,11-12,14H2,1-2H3,(H,23,25). The Kier molecular flexibility index (Phi) is 6.17. The number of nitrogens with zero attached hydrogens (tertiary/aromatic N) is 1. The van der Waals surface area contributed by atoms with Crippen molar-refractivity contribution in [3.05, 3.63) is 59.1 Å². The molecule has 3 rings (SSSR count). The summed E-state index contributed by atoms with van der Waals surface area (Å²) in [6.45, 7) is 3.26. The molecule has 1 N–H and O–H groups in total. The third-order valence-corrected chi connectivity index (χ3v) is 5.28. The van der Waals surface area contributed by atoms with Crippen LogP contribution in [-0.2, 0) is 0 Å². The molecule has 1 saturated heterocycles. The second-order valence-corrected chi connectivity index (χ2v) is 7.18. The molecule has 138 valence electrons. The molecule has 1 fully saturated rings. The quantitative estimate of drug-likeness (QED) is 0.816. The van der Waals surface area contributed by atoms with Crippen LogP contribution >= 0.6 is 11.6 Å². The molecule has 0 radical (unpaired) electrons. The molecule has 0 aromatic heterocycles. The monoisotopic (exact) mass is 372 g/mol. The van der Waals surface area contributed by atoms with Crippen LogP contribution in [0, 0.1) is 0 Å². The predicted octanol–water partition coefficient (Wildman–Crippen LogP) is 4.84. The summed E-state index contributed by atoms with van der Waals surface area (Å²) >= 11 is 6.10. The highest BCUT2D eigenvalue weighted by atomic mass is 35.5. The van der Waals surface area contributed by atoms with Gasteiger partial charge in [-0.15, -0.1) is 0 Å². The zero-order valence-electron chi connectivity index (χ0n) is 15.2. The van der Waals surface area contributed by atoms with Gasteiger partial charge in [0.25, 0.3) is 5.91 Å². The van der Waals surface area contributed by atoms with E-state index in [1.54, 1.807) is 24.3 Å². The first-order chi connectivity index (χ1) is 12.6. The number of hydrogen-bond donors (Lipinski definition) is 1. The average molecular weight is 373 g/mol. The van der Waals surface area contributed by atoms with Gasteiger partial charge in [0, 0.05) is 24.3 Å². The van der Waals surface area contributed by atoms with Gasteiger partial charge in [0.1, 0.15) is 11.9 Å². The van der Waals surface area contributed by atoms with Crippen LogP contribution in [0.3, 0.4) is 0 Å². The number of hydrogen-bond acceptors (Lipinski definition) is 3. The van der Waals surface area contributed by atoms with Crippen LogP contribution in [0.4, 0.5) is 5.69 Å². The summed E-state index contributed by atoms with van der Waals surface area (Å²) in [6.07, 6.45) is 3.39. The average Bonchev–Trinajstić information content (AvgIpc) is 2.64. The Balaban J connectivity index is 1.65. The number of nitrogens with one attached hydrogen (secondary N) is 1. The Morgan fingerprint density at radius 3 is 2.85 bits per heavy atom. The lowest BCUT2D eigenvalue weighted by Crippen LogP contribution is -2.43. The summed E-state index contributed by atoms with van der Waals surface area (Å²) in [6, 6.07) is 15.1. The molecule has 0 bridgehead atoms. The minimum Gasteiger partial charge on any atom is -0.490 e. The van der Waals surface area contributed by atoms with Crippen molar-refractivity contribution < 1.29 is 9.53 Å². The Morgan fingerprint density at radius 1 is 1.27 bits per heavy atom. The van der Waals surface area contributed by atoms with E-state index in [4.69, 9.17) is 16.3 Å². The third-order valence-electron chi connectivity index (χ3n) is 4.95. The maximum atomic E-state index is 12.4. The number of likely N-dealkylation sites (tertiary alicyclic amines) is 1. The van der Waals surface area contributed by atoms with E-state index in [1.807, 2.05) is 24.3 Å². The molecule has 1 aliphatic rings. The molecule has 2 aromatic carbocycles. The fourth-order valence-electron chi connectivity index (χ4n) is 3.40. The van der Waals surface area contributed by atoms with Crippen molar-refractivity contribution in [3.8, 4) is 5.75 Å². The van der Waals surface area contributed by atoms with Gasteiger partial charge in [-0.25, -0.2) is 0 Å². The Hall–Kier alpha value is -2.04. The maximum absolute atomic E-state index is 12.4. The van der Waals surface area contributed by atoms with Crippen LogP contribution in [0.15, 0.2) is 48.5 Å². The van der Waals surface area contributed by atoms with Crippen molar-refractivity contribution in [2.24, 2.45) is 0 Å². The summed E-state index contributed by atoms with van der Waals surface area (Å²) in [5.74, 6) is 0.560. The fraction of sp³-hybridized carbons (Fsp3) is 0.381. The van der Waals surface area contributed by atoms with Crippen LogP contribution in [0.1, 0.15) is 36.5 Å². The van der Waals surface area contributed by atoms with Crippen molar-refractivity contribution in [1.82, 2.24) is 4.90 Å². The van der Waals surface area contributed by atoms with E-state index in [0.29, 0.717) is 22.3 Å². The SMILES string of the molecule is CCC1CC(Oc2cccc(NC(=O)c3ccccc3Cl)c2)CCN1C. The highest BCUT2D eigenvalue weighted by Crippen LogP contribution is 2.26. The second-order valence-electron chi connectivity index (χ2n) is 6.77. The first kappa shape index (κ1) is 18.7. The molecule has 1 heterocycles. The third kappa shape index (κ3) is 4.57. The zero-order valence-corrected chi connectivity index (χ0v) is 16.0. The van der Waals surface area contributed by atoms with Gasteiger partial charge in [0.05, 0.1) is 10.6 Å². The largest absolute Gasteiger partial charge is 0.490 e. The van der Waals surface area contributed by atoms with Crippen molar-refractivity contribution >= 4 is 23.2 Å². The molecule has 0 spiro atoms. The van der Waals surface area contributed by atoms with Gasteiger partial charge in [-0.3, -0.25) is 4.79 Å². The van der Waals surface area contributed by atoms with E-state index in [1.165, 1.54) is 0 Å². The number of rotatable bonds is 5. The Labute approximate surface area is 160 Å². The molecule has 0 saturated carbocycles. The van der Waals surface area contributed by atoms with Crippen molar-refractivity contribution in [3.63, 3.8) is 0 Å². The number of halogens is 1. The molecular weight excluding hydrogens is 348 g/mol. The van der Waals surface area contributed by atoms with Gasteiger partial charge < -0.3 is 15.0 Å². The highest BCUT2D eigenvalue weighted by Gasteiger charge is 2.26. The molecule has 0 aliphatic carbocycles. The Morgan fingerprint density at radius 2 is 2.08 bits per heavy atom. The van der Waals surface area contributed by atoms with Crippen molar-refractivity contribution in [2.45, 2.75) is 38.3 Å². The van der Waals surface area contributed by atoms with Crippen LogP contribution in [0.25, 0.3) is 0 Å². The summed E-state index contributed by atoms with van der Waals surface area (Å²) in [4.78, 5) is 14.8. The molecule has 1 amide bonds. The number of piperidine rings is 1. The minimum atomic E-state index is -0.224. The molecule has 2 aromatic rings. The lowest BCUT2D eigenvalue weighted by molar-refractivity contribution is 0.0701. The number of carbonyl (C=O) groups excluding carboxylic acids is 1. The van der Waals surface area contributed by atoms with Crippen molar-refractivity contribution in [2.75, 3.05) is 18.9 Å². The lowest BCUT2D eigenvalue weighted by Gasteiger charge is -2.36. The van der Waals surface area contributed by atoms with Gasteiger partial charge in [0.2, 0.25) is 0 Å². The van der Waals surface area contributed by atoms with Gasteiger partial charge >= 0.3 is 0 Å². The van der Waals surface area contributed by atoms with Crippen LogP contribution in [0.5, 0.6) is 5.75 Å². The van der Waals surface area contributed by atoms with Gasteiger partial charge in [-0.2, -0.15) is 0 Å². The topological polar surface area (TPSA) is 41.6 Å². The Bertz CT molecular complexity index is 765. The maximum Gasteiger partial charge on any atom is 0.257 e. The van der Waals surface area contributed by atoms with Crippen LogP contribution in [0.2, 0.25) is 5.02 Å². The van der Waals surface area contributed by atoms with Crippen LogP contribution < -0.4 is 10.1 Å². The highest BCUT2D eigenvalue weighted by molar-refractivity contribution is 6.34. The normalized spacial score (nSPS) is 20.6. The van der Waals surface area contributed by atoms with Gasteiger partial charge in [-0.1, -0.05) is 36.7 Å². The lowest BCUT2D eigenvalue weighted by atomic mass is 9.98. The smallest absolute Gasteiger partial charge is 0.257 e. The first-order valence-corrected chi connectivity index (χ1v) is 9.47. The first-order valence-electron chi connectivity index (χ1n) is 9.09. The van der Waals surface area contributed by atoms with E-state index in [9.17, 15) is 4.79 Å². The number of amides is 1. The predicted molar refractivity (Wildman–Crippen MR) is 106 cm³/mol. The van der Waals surface area contributed by atoms with E-state index >= 15 is 0 Å². The van der Waals surface area contributed by atoms with E-state index in [-0.39, 0.29) is 12.0 Å². The second kappa shape index (κ2) is 8.56. The van der Waals surface area contributed by atoms with E-state index in [0.717, 1.165) is 31.6 Å². The van der Waals surface area contributed by atoms with Gasteiger partial charge in [-0.05, 0) is 50.6 Å². The molecule has 1 aliphatic heterocycles. The fourth-order valence-corrected chi connectivity index (χ4v) is 3.62. The number of anilines is 1. The van der Waals surface area contributed by atoms with E-state index < -0.39 is 0 Å². The van der Waals surface area contributed by atoms with Crippen LogP contribution in [-0.4, -0.2) is 36.5 Å². The number of carbonyl (C=O) groups is 1. The number of ether oxygens (including phenoxy) is 1. The summed E-state index contributed by atoms with van der Waals surface area (Å²) < 4.78 is 6.18. The molecule has 5 heteroatoms. The number of benzene rings is 2. The molecular formula is C21H25ClN2O2.